The van der Waals surface area contributed by atoms with Crippen molar-refractivity contribution < 1.29 is 14.7 Å². The van der Waals surface area contributed by atoms with E-state index in [0.717, 1.165) is 25.9 Å². The van der Waals surface area contributed by atoms with Crippen LogP contribution in [0.25, 0.3) is 0 Å². The number of nitrogens with one attached hydrogen (secondary N) is 2. The minimum atomic E-state index is -0.988. The second kappa shape index (κ2) is 7.20. The van der Waals surface area contributed by atoms with Gasteiger partial charge in [0.15, 0.2) is 0 Å². The lowest BCUT2D eigenvalue weighted by atomic mass is 10.0. The zero-order valence-corrected chi connectivity index (χ0v) is 11.1. The van der Waals surface area contributed by atoms with Gasteiger partial charge in [-0.2, -0.15) is 0 Å². The Morgan fingerprint density at radius 1 is 1.22 bits per heavy atom. The minimum Gasteiger partial charge on any atom is -0.480 e. The molecule has 0 aromatic heterocycles. The third-order valence-electron chi connectivity index (χ3n) is 2.93. The predicted molar refractivity (Wildman–Crippen MR) is 68.0 cm³/mol. The van der Waals surface area contributed by atoms with Crippen LogP contribution in [0.5, 0.6) is 0 Å². The molecule has 1 atom stereocenters. The molecule has 0 spiro atoms. The lowest BCUT2D eigenvalue weighted by Crippen LogP contribution is -2.53. The highest BCUT2D eigenvalue weighted by atomic mass is 16.4. The average Bonchev–Trinajstić information content (AvgIpc) is 2.28. The monoisotopic (exact) mass is 257 g/mol. The molecule has 0 aliphatic carbocycles. The van der Waals surface area contributed by atoms with Gasteiger partial charge < -0.3 is 10.4 Å². The maximum Gasteiger partial charge on any atom is 0.330 e. The van der Waals surface area contributed by atoms with Gasteiger partial charge in [0.2, 0.25) is 0 Å². The number of carbonyl (C=O) groups excluding carboxylic acids is 1. The molecule has 6 nitrogen and oxygen atoms in total. The van der Waals surface area contributed by atoms with Crippen LogP contribution in [0.4, 0.5) is 4.79 Å². The van der Waals surface area contributed by atoms with Crippen LogP contribution in [0.3, 0.4) is 0 Å². The lowest BCUT2D eigenvalue weighted by molar-refractivity contribution is -0.139. The van der Waals surface area contributed by atoms with Gasteiger partial charge in [0, 0.05) is 13.1 Å². The highest BCUT2D eigenvalue weighted by molar-refractivity contribution is 5.82. The van der Waals surface area contributed by atoms with E-state index >= 15 is 0 Å². The Morgan fingerprint density at radius 2 is 1.83 bits per heavy atom. The molecule has 6 heteroatoms. The van der Waals surface area contributed by atoms with Gasteiger partial charge in [0.25, 0.3) is 0 Å². The molecule has 0 bridgehead atoms. The van der Waals surface area contributed by atoms with Crippen molar-refractivity contribution in [2.45, 2.75) is 45.6 Å². The number of aliphatic carboxylic acids is 1. The summed E-state index contributed by atoms with van der Waals surface area (Å²) < 4.78 is 0. The van der Waals surface area contributed by atoms with E-state index in [2.05, 4.69) is 10.7 Å². The SMILES string of the molecule is CC(C)C[C@H](NC(=O)NN1CCCCC1)C(=O)O. The quantitative estimate of drug-likeness (QED) is 0.691. The second-order valence-corrected chi connectivity index (χ2v) is 5.15. The van der Waals surface area contributed by atoms with Crippen molar-refractivity contribution in [3.05, 3.63) is 0 Å². The van der Waals surface area contributed by atoms with Crippen molar-refractivity contribution in [1.29, 1.82) is 0 Å². The molecule has 1 aliphatic rings. The van der Waals surface area contributed by atoms with Gasteiger partial charge in [0.1, 0.15) is 6.04 Å². The number of hydrogen-bond acceptors (Lipinski definition) is 3. The van der Waals surface area contributed by atoms with Gasteiger partial charge >= 0.3 is 12.0 Å². The van der Waals surface area contributed by atoms with Crippen molar-refractivity contribution in [1.82, 2.24) is 15.8 Å². The Kier molecular flexibility index (Phi) is 5.91. The summed E-state index contributed by atoms with van der Waals surface area (Å²) in [6.07, 6.45) is 3.75. The summed E-state index contributed by atoms with van der Waals surface area (Å²) in [6, 6.07) is -1.25. The Bertz CT molecular complexity index is 288. The van der Waals surface area contributed by atoms with Crippen molar-refractivity contribution in [2.24, 2.45) is 5.92 Å². The Labute approximate surface area is 108 Å². The highest BCUT2D eigenvalue weighted by Gasteiger charge is 2.22. The normalized spacial score (nSPS) is 18.4. The first-order valence-corrected chi connectivity index (χ1v) is 6.54. The van der Waals surface area contributed by atoms with E-state index in [-0.39, 0.29) is 5.92 Å². The molecule has 1 rings (SSSR count). The largest absolute Gasteiger partial charge is 0.480 e. The van der Waals surface area contributed by atoms with Crippen LogP contribution in [-0.4, -0.2) is 41.2 Å². The zero-order valence-electron chi connectivity index (χ0n) is 11.1. The zero-order chi connectivity index (χ0) is 13.5. The van der Waals surface area contributed by atoms with E-state index in [4.69, 9.17) is 5.11 Å². The van der Waals surface area contributed by atoms with Crippen molar-refractivity contribution in [3.8, 4) is 0 Å². The smallest absolute Gasteiger partial charge is 0.330 e. The van der Waals surface area contributed by atoms with E-state index in [1.54, 1.807) is 0 Å². The number of carbonyl (C=O) groups is 2. The molecule has 0 saturated carbocycles. The van der Waals surface area contributed by atoms with Crippen molar-refractivity contribution >= 4 is 12.0 Å². The number of urea groups is 1. The van der Waals surface area contributed by atoms with Crippen LogP contribution >= 0.6 is 0 Å². The molecule has 18 heavy (non-hydrogen) atoms. The lowest BCUT2D eigenvalue weighted by Gasteiger charge is -2.27. The molecule has 3 N–H and O–H groups in total. The molecule has 0 radical (unpaired) electrons. The first-order valence-electron chi connectivity index (χ1n) is 6.54. The summed E-state index contributed by atoms with van der Waals surface area (Å²) in [4.78, 5) is 22.7. The number of piperidine rings is 1. The van der Waals surface area contributed by atoms with E-state index in [9.17, 15) is 9.59 Å². The van der Waals surface area contributed by atoms with E-state index in [1.165, 1.54) is 6.42 Å². The Balaban J connectivity index is 2.37. The minimum absolute atomic E-state index is 0.224. The third-order valence-corrected chi connectivity index (χ3v) is 2.93. The standard InChI is InChI=1S/C12H23N3O3/c1-9(2)8-10(11(16)17)13-12(18)14-15-6-4-3-5-7-15/h9-10H,3-8H2,1-2H3,(H,16,17)(H2,13,14,18)/t10-/m0/s1. The summed E-state index contributed by atoms with van der Waals surface area (Å²) in [7, 11) is 0. The van der Waals surface area contributed by atoms with Gasteiger partial charge in [-0.15, -0.1) is 0 Å². The molecular formula is C12H23N3O3. The van der Waals surface area contributed by atoms with Crippen molar-refractivity contribution in [3.63, 3.8) is 0 Å². The molecule has 0 aromatic rings. The summed E-state index contributed by atoms with van der Waals surface area (Å²) in [6.45, 7) is 5.52. The van der Waals surface area contributed by atoms with Crippen LogP contribution in [0, 0.1) is 5.92 Å². The number of carboxylic acids is 1. The molecule has 1 fully saturated rings. The molecule has 1 saturated heterocycles. The first kappa shape index (κ1) is 14.8. The fraction of sp³-hybridized carbons (Fsp3) is 0.833. The van der Waals surface area contributed by atoms with E-state index < -0.39 is 18.0 Å². The van der Waals surface area contributed by atoms with Gasteiger partial charge in [-0.3, -0.25) is 5.43 Å². The second-order valence-electron chi connectivity index (χ2n) is 5.15. The van der Waals surface area contributed by atoms with Gasteiger partial charge in [-0.05, 0) is 25.2 Å². The summed E-state index contributed by atoms with van der Waals surface area (Å²) in [5, 5.41) is 13.4. The fourth-order valence-electron chi connectivity index (χ4n) is 2.03. The predicted octanol–water partition coefficient (Wildman–Crippen LogP) is 1.19. The summed E-state index contributed by atoms with van der Waals surface area (Å²) >= 11 is 0. The number of hydrogen-bond donors (Lipinski definition) is 3. The first-order chi connectivity index (χ1) is 8.49. The van der Waals surface area contributed by atoms with Crippen LogP contribution in [0.1, 0.15) is 39.5 Å². The maximum absolute atomic E-state index is 11.7. The number of amides is 2. The molecular weight excluding hydrogens is 234 g/mol. The summed E-state index contributed by atoms with van der Waals surface area (Å²) in [5.41, 5.74) is 2.70. The number of rotatable bonds is 5. The Morgan fingerprint density at radius 3 is 2.33 bits per heavy atom. The molecule has 104 valence electrons. The van der Waals surface area contributed by atoms with Gasteiger partial charge in [-0.25, -0.2) is 14.6 Å². The number of carboxylic acid groups (broad SMARTS) is 1. The average molecular weight is 257 g/mol. The van der Waals surface area contributed by atoms with Crippen LogP contribution in [0.2, 0.25) is 0 Å². The van der Waals surface area contributed by atoms with E-state index in [1.807, 2.05) is 18.9 Å². The van der Waals surface area contributed by atoms with Crippen molar-refractivity contribution in [2.75, 3.05) is 13.1 Å². The number of hydrazine groups is 1. The maximum atomic E-state index is 11.7. The van der Waals surface area contributed by atoms with Crippen LogP contribution in [0.15, 0.2) is 0 Å². The molecule has 0 unspecified atom stereocenters. The fourth-order valence-corrected chi connectivity index (χ4v) is 2.03. The Hall–Kier alpha value is -1.30. The topological polar surface area (TPSA) is 81.7 Å². The summed E-state index contributed by atoms with van der Waals surface area (Å²) in [5.74, 6) is -0.765. The van der Waals surface area contributed by atoms with Gasteiger partial charge in [0.05, 0.1) is 0 Å². The van der Waals surface area contributed by atoms with Crippen LogP contribution < -0.4 is 10.7 Å². The number of nitrogens with zero attached hydrogens (tertiary/aromatic N) is 1. The molecule has 1 heterocycles. The van der Waals surface area contributed by atoms with Gasteiger partial charge in [-0.1, -0.05) is 20.3 Å². The molecule has 2 amide bonds. The molecule has 0 aromatic carbocycles. The molecule has 1 aliphatic heterocycles. The van der Waals surface area contributed by atoms with Crippen LogP contribution in [-0.2, 0) is 4.79 Å². The highest BCUT2D eigenvalue weighted by Crippen LogP contribution is 2.07. The van der Waals surface area contributed by atoms with E-state index in [0.29, 0.717) is 6.42 Å². The third kappa shape index (κ3) is 5.35.